The van der Waals surface area contributed by atoms with Gasteiger partial charge in [-0.05, 0) is 91.0 Å². The quantitative estimate of drug-likeness (QED) is 0.176. The summed E-state index contributed by atoms with van der Waals surface area (Å²) in [4.78, 5) is 10.1. The van der Waals surface area contributed by atoms with Gasteiger partial charge in [0.1, 0.15) is 0 Å². The van der Waals surface area contributed by atoms with Gasteiger partial charge < -0.3 is 0 Å². The number of rotatable bonds is 5. The number of hydrogen-bond donors (Lipinski definition) is 0. The second-order valence-corrected chi connectivity index (χ2v) is 16.1. The van der Waals surface area contributed by atoms with Crippen molar-refractivity contribution in [3.63, 3.8) is 0 Å². The van der Waals surface area contributed by atoms with Gasteiger partial charge >= 0.3 is 0 Å². The molecule has 0 amide bonds. The van der Waals surface area contributed by atoms with Crippen LogP contribution in [0.15, 0.2) is 206 Å². The third-order valence-electron chi connectivity index (χ3n) is 12.6. The van der Waals surface area contributed by atoms with Crippen LogP contribution < -0.4 is 0 Å². The van der Waals surface area contributed by atoms with Gasteiger partial charge in [-0.25, -0.2) is 9.97 Å². The molecule has 274 valence electrons. The molecule has 0 unspecified atom stereocenters. The third-order valence-corrected chi connectivity index (χ3v) is 12.6. The third kappa shape index (κ3) is 5.18. The summed E-state index contributed by atoms with van der Waals surface area (Å²) in [6.45, 7) is 4.76. The Kier molecular flexibility index (Phi) is 7.78. The van der Waals surface area contributed by atoms with E-state index in [1.165, 1.54) is 55.6 Å². The van der Waals surface area contributed by atoms with Crippen LogP contribution in [0.5, 0.6) is 0 Å². The molecule has 1 heterocycles. The first-order chi connectivity index (χ1) is 28.5. The zero-order valence-corrected chi connectivity index (χ0v) is 32.5. The summed E-state index contributed by atoms with van der Waals surface area (Å²) in [5.74, 6) is 0.716. The molecule has 0 aliphatic heterocycles. The van der Waals surface area contributed by atoms with Crippen molar-refractivity contribution >= 4 is 0 Å². The number of fused-ring (bicyclic) bond motifs is 9. The molecule has 0 fully saturated rings. The van der Waals surface area contributed by atoms with Crippen LogP contribution in [0.4, 0.5) is 0 Å². The second-order valence-electron chi connectivity index (χ2n) is 16.1. The number of hydrogen-bond acceptors (Lipinski definition) is 2. The average Bonchev–Trinajstić information content (AvgIpc) is 3.59. The van der Waals surface area contributed by atoms with Gasteiger partial charge in [0.05, 0.1) is 16.8 Å². The van der Waals surface area contributed by atoms with Gasteiger partial charge in [0, 0.05) is 22.1 Å². The van der Waals surface area contributed by atoms with E-state index in [1.807, 2.05) is 24.3 Å². The highest BCUT2D eigenvalue weighted by Gasteiger charge is 2.53. The minimum Gasteiger partial charge on any atom is -0.228 e. The molecule has 0 saturated heterocycles. The minimum absolute atomic E-state index is 0.115. The summed E-state index contributed by atoms with van der Waals surface area (Å²) >= 11 is 0. The first kappa shape index (κ1) is 34.1. The van der Waals surface area contributed by atoms with Gasteiger partial charge in [-0.2, -0.15) is 0 Å². The van der Waals surface area contributed by atoms with Crippen LogP contribution in [0.25, 0.3) is 67.3 Å². The highest BCUT2D eigenvalue weighted by Crippen LogP contribution is 2.62. The summed E-state index contributed by atoms with van der Waals surface area (Å²) in [5, 5.41) is 0. The number of nitrogens with zero attached hydrogens (tertiary/aromatic N) is 2. The maximum atomic E-state index is 5.11. The summed E-state index contributed by atoms with van der Waals surface area (Å²) in [7, 11) is 0. The van der Waals surface area contributed by atoms with Gasteiger partial charge in [0.2, 0.25) is 0 Å². The molecule has 1 spiro atoms. The van der Waals surface area contributed by atoms with E-state index in [1.54, 1.807) is 0 Å². The first-order valence-electron chi connectivity index (χ1n) is 20.2. The van der Waals surface area contributed by atoms with Crippen LogP contribution >= 0.6 is 0 Å². The lowest BCUT2D eigenvalue weighted by atomic mass is 9.55. The SMILES string of the molecule is CC1(C)c2ccccc2C2(c3ccccc3-c3cc(-c4cccc(-c5cccc(-c6cc(-c7ccccc7)nc(-c7ccccc7)n6)c5)c4)ccc32)c2ccccc21. The van der Waals surface area contributed by atoms with Crippen molar-refractivity contribution in [2.45, 2.75) is 24.7 Å². The molecule has 2 aliphatic carbocycles. The van der Waals surface area contributed by atoms with Crippen LogP contribution in [-0.4, -0.2) is 9.97 Å². The monoisotopic (exact) mass is 740 g/mol. The zero-order valence-electron chi connectivity index (χ0n) is 32.5. The van der Waals surface area contributed by atoms with Crippen molar-refractivity contribution in [2.24, 2.45) is 0 Å². The fourth-order valence-electron chi connectivity index (χ4n) is 9.85. The predicted octanol–water partition coefficient (Wildman–Crippen LogP) is 13.8. The summed E-state index contributed by atoms with van der Waals surface area (Å²) in [6.07, 6.45) is 0. The van der Waals surface area contributed by atoms with Crippen molar-refractivity contribution in [3.05, 3.63) is 240 Å². The van der Waals surface area contributed by atoms with E-state index in [4.69, 9.17) is 9.97 Å². The van der Waals surface area contributed by atoms with Crippen LogP contribution in [0.3, 0.4) is 0 Å². The van der Waals surface area contributed by atoms with E-state index in [0.717, 1.165) is 39.2 Å². The Morgan fingerprint density at radius 3 is 1.34 bits per heavy atom. The largest absolute Gasteiger partial charge is 0.228 e. The molecule has 0 saturated carbocycles. The Hall–Kier alpha value is -7.16. The van der Waals surface area contributed by atoms with Crippen LogP contribution in [0, 0.1) is 0 Å². The van der Waals surface area contributed by atoms with Crippen molar-refractivity contribution in [1.29, 1.82) is 0 Å². The van der Waals surface area contributed by atoms with E-state index in [2.05, 4.69) is 196 Å². The van der Waals surface area contributed by atoms with Crippen LogP contribution in [0.2, 0.25) is 0 Å². The maximum Gasteiger partial charge on any atom is 0.160 e. The molecule has 0 atom stereocenters. The lowest BCUT2D eigenvalue weighted by Crippen LogP contribution is -2.40. The fraction of sp³-hybridized carbons (Fsp3) is 0.0714. The Morgan fingerprint density at radius 2 is 0.724 bits per heavy atom. The van der Waals surface area contributed by atoms with E-state index in [-0.39, 0.29) is 5.41 Å². The zero-order chi connectivity index (χ0) is 38.8. The van der Waals surface area contributed by atoms with Gasteiger partial charge in [-0.1, -0.05) is 196 Å². The molecular weight excluding hydrogens is 701 g/mol. The van der Waals surface area contributed by atoms with E-state index >= 15 is 0 Å². The molecule has 0 radical (unpaired) electrons. The molecule has 2 heteroatoms. The van der Waals surface area contributed by atoms with Crippen molar-refractivity contribution in [3.8, 4) is 67.3 Å². The Labute approximate surface area is 340 Å². The summed E-state index contributed by atoms with van der Waals surface area (Å²) in [5.41, 5.74) is 20.0. The summed E-state index contributed by atoms with van der Waals surface area (Å²) < 4.78 is 0. The van der Waals surface area contributed by atoms with E-state index < -0.39 is 5.41 Å². The van der Waals surface area contributed by atoms with Crippen LogP contribution in [-0.2, 0) is 10.8 Å². The van der Waals surface area contributed by atoms with Gasteiger partial charge in [0.15, 0.2) is 5.82 Å². The highest BCUT2D eigenvalue weighted by atomic mass is 14.9. The van der Waals surface area contributed by atoms with E-state index in [9.17, 15) is 0 Å². The topological polar surface area (TPSA) is 25.8 Å². The number of aromatic nitrogens is 2. The molecule has 0 N–H and O–H groups in total. The maximum absolute atomic E-state index is 5.11. The molecule has 9 aromatic rings. The standard InChI is InChI=1S/C56H40N2/c1-55(2)48-27-11-13-29-50(48)56(51-30-14-12-28-49(51)55)46-26-10-9-25-44(46)45-35-42(31-32-47(45)56)40-22-15-21-39(33-40)41-23-16-24-43(34-41)53-36-52(37-17-5-3-6-18-37)57-54(58-53)38-19-7-4-8-20-38/h3-36H,1-2H3. The predicted molar refractivity (Wildman–Crippen MR) is 239 cm³/mol. The van der Waals surface area contributed by atoms with Crippen molar-refractivity contribution in [2.75, 3.05) is 0 Å². The summed E-state index contributed by atoms with van der Waals surface area (Å²) in [6, 6.07) is 74.9. The van der Waals surface area contributed by atoms with E-state index in [0.29, 0.717) is 5.82 Å². The molecule has 8 aromatic carbocycles. The highest BCUT2D eigenvalue weighted by molar-refractivity contribution is 5.91. The molecule has 2 nitrogen and oxygen atoms in total. The minimum atomic E-state index is -0.392. The molecule has 2 aliphatic rings. The Bertz CT molecular complexity index is 2920. The normalized spacial score (nSPS) is 14.0. The molecule has 1 aromatic heterocycles. The number of benzene rings is 8. The molecular formula is C56H40N2. The Balaban J connectivity index is 1.02. The second kappa shape index (κ2) is 13.2. The van der Waals surface area contributed by atoms with Crippen molar-refractivity contribution < 1.29 is 0 Å². The van der Waals surface area contributed by atoms with Gasteiger partial charge in [-0.3, -0.25) is 0 Å². The molecule has 58 heavy (non-hydrogen) atoms. The molecule has 0 bridgehead atoms. The smallest absolute Gasteiger partial charge is 0.160 e. The lowest BCUT2D eigenvalue weighted by molar-refractivity contribution is 0.563. The lowest BCUT2D eigenvalue weighted by Gasteiger charge is -2.46. The van der Waals surface area contributed by atoms with Crippen molar-refractivity contribution in [1.82, 2.24) is 9.97 Å². The first-order valence-corrected chi connectivity index (χ1v) is 20.2. The van der Waals surface area contributed by atoms with Gasteiger partial charge in [-0.15, -0.1) is 0 Å². The Morgan fingerprint density at radius 1 is 0.293 bits per heavy atom. The fourth-order valence-corrected chi connectivity index (χ4v) is 9.85. The van der Waals surface area contributed by atoms with Gasteiger partial charge in [0.25, 0.3) is 0 Å². The molecule has 11 rings (SSSR count). The van der Waals surface area contributed by atoms with Crippen LogP contribution in [0.1, 0.15) is 47.2 Å². The average molecular weight is 741 g/mol.